The number of carbonyl (C=O) groups is 2. The maximum atomic E-state index is 11.4. The Bertz CT molecular complexity index is 435. The molecule has 92 valence electrons. The Balaban J connectivity index is 2.64. The molecule has 1 rings (SSSR count). The first-order chi connectivity index (χ1) is 8.04. The number of rotatable bonds is 3. The summed E-state index contributed by atoms with van der Waals surface area (Å²) < 4.78 is 0. The number of anilines is 2. The van der Waals surface area contributed by atoms with Crippen molar-refractivity contribution in [2.45, 2.75) is 13.3 Å². The molecule has 0 bridgehead atoms. The van der Waals surface area contributed by atoms with Crippen molar-refractivity contribution in [2.75, 3.05) is 17.6 Å². The van der Waals surface area contributed by atoms with Gasteiger partial charge in [0, 0.05) is 12.2 Å². The molecule has 1 aromatic rings. The molecule has 0 aliphatic heterocycles. The molecule has 0 unspecified atom stereocenters. The van der Waals surface area contributed by atoms with Gasteiger partial charge in [0.15, 0.2) is 0 Å². The van der Waals surface area contributed by atoms with E-state index in [4.69, 9.17) is 17.3 Å². The van der Waals surface area contributed by atoms with Gasteiger partial charge in [-0.25, -0.2) is 0 Å². The molecule has 0 aliphatic rings. The summed E-state index contributed by atoms with van der Waals surface area (Å²) in [6.45, 7) is 2.36. The van der Waals surface area contributed by atoms with Crippen molar-refractivity contribution >= 4 is 34.8 Å². The maximum Gasteiger partial charge on any atom is 0.313 e. The molecule has 0 fully saturated rings. The van der Waals surface area contributed by atoms with Gasteiger partial charge in [-0.3, -0.25) is 9.59 Å². The van der Waals surface area contributed by atoms with Crippen LogP contribution in [0.25, 0.3) is 0 Å². The summed E-state index contributed by atoms with van der Waals surface area (Å²) in [6.07, 6.45) is 0.766. The molecule has 5 nitrogen and oxygen atoms in total. The van der Waals surface area contributed by atoms with Gasteiger partial charge in [-0.1, -0.05) is 18.5 Å². The number of nitrogens with two attached hydrogens (primary N) is 1. The van der Waals surface area contributed by atoms with E-state index in [0.717, 1.165) is 6.42 Å². The topological polar surface area (TPSA) is 84.2 Å². The van der Waals surface area contributed by atoms with Crippen LogP contribution < -0.4 is 16.4 Å². The van der Waals surface area contributed by atoms with Crippen LogP contribution >= 0.6 is 11.6 Å². The zero-order valence-electron chi connectivity index (χ0n) is 9.42. The van der Waals surface area contributed by atoms with Gasteiger partial charge >= 0.3 is 11.8 Å². The third-order valence-corrected chi connectivity index (χ3v) is 2.30. The molecule has 0 aliphatic carbocycles. The number of nitrogens with one attached hydrogen (secondary N) is 2. The Morgan fingerprint density at radius 3 is 2.65 bits per heavy atom. The van der Waals surface area contributed by atoms with Crippen molar-refractivity contribution in [3.05, 3.63) is 23.2 Å². The van der Waals surface area contributed by atoms with Crippen molar-refractivity contribution in [3.8, 4) is 0 Å². The van der Waals surface area contributed by atoms with Crippen molar-refractivity contribution in [1.82, 2.24) is 5.32 Å². The van der Waals surface area contributed by atoms with Gasteiger partial charge in [-0.2, -0.15) is 0 Å². The molecule has 17 heavy (non-hydrogen) atoms. The van der Waals surface area contributed by atoms with Gasteiger partial charge in [0.1, 0.15) is 0 Å². The molecule has 4 N–H and O–H groups in total. The smallest absolute Gasteiger partial charge is 0.313 e. The highest BCUT2D eigenvalue weighted by Crippen LogP contribution is 2.23. The Kier molecular flexibility index (Phi) is 4.78. The average molecular weight is 256 g/mol. The summed E-state index contributed by atoms with van der Waals surface area (Å²) in [7, 11) is 0. The Labute approximate surface area is 104 Å². The number of carbonyl (C=O) groups excluding carboxylic acids is 2. The second-order valence-corrected chi connectivity index (χ2v) is 3.86. The molecule has 0 heterocycles. The number of hydrogen-bond donors (Lipinski definition) is 3. The van der Waals surface area contributed by atoms with Crippen LogP contribution in [0.3, 0.4) is 0 Å². The van der Waals surface area contributed by atoms with Crippen LogP contribution in [0.5, 0.6) is 0 Å². The van der Waals surface area contributed by atoms with Crippen LogP contribution in [0.15, 0.2) is 18.2 Å². The normalized spacial score (nSPS) is 9.76. The fourth-order valence-electron chi connectivity index (χ4n) is 1.13. The summed E-state index contributed by atoms with van der Waals surface area (Å²) in [5.41, 5.74) is 6.36. The highest BCUT2D eigenvalue weighted by atomic mass is 35.5. The first-order valence-corrected chi connectivity index (χ1v) is 5.56. The zero-order chi connectivity index (χ0) is 12.8. The Hall–Kier alpha value is -1.75. The summed E-state index contributed by atoms with van der Waals surface area (Å²) in [5, 5.41) is 5.17. The lowest BCUT2D eigenvalue weighted by molar-refractivity contribution is -0.136. The van der Waals surface area contributed by atoms with E-state index >= 15 is 0 Å². The highest BCUT2D eigenvalue weighted by Gasteiger charge is 2.14. The minimum absolute atomic E-state index is 0.293. The third-order valence-electron chi connectivity index (χ3n) is 1.98. The number of nitrogen functional groups attached to an aromatic ring is 1. The predicted octanol–water partition coefficient (Wildman–Crippen LogP) is 1.39. The molecule has 0 saturated carbocycles. The van der Waals surface area contributed by atoms with E-state index < -0.39 is 11.8 Å². The maximum absolute atomic E-state index is 11.4. The van der Waals surface area contributed by atoms with Gasteiger partial charge in [0.25, 0.3) is 0 Å². The molecule has 0 spiro atoms. The van der Waals surface area contributed by atoms with Gasteiger partial charge in [-0.15, -0.1) is 0 Å². The minimum Gasteiger partial charge on any atom is -0.399 e. The molecule has 0 aromatic heterocycles. The van der Waals surface area contributed by atoms with E-state index in [9.17, 15) is 9.59 Å². The van der Waals surface area contributed by atoms with E-state index in [0.29, 0.717) is 22.9 Å². The molecule has 0 saturated heterocycles. The van der Waals surface area contributed by atoms with Crippen LogP contribution in [0, 0.1) is 0 Å². The predicted molar refractivity (Wildman–Crippen MR) is 67.8 cm³/mol. The number of halogens is 1. The molecule has 0 atom stereocenters. The quantitative estimate of drug-likeness (QED) is 0.564. The van der Waals surface area contributed by atoms with Crippen LogP contribution in [-0.4, -0.2) is 18.4 Å². The Morgan fingerprint density at radius 1 is 1.35 bits per heavy atom. The fraction of sp³-hybridized carbons (Fsp3) is 0.273. The van der Waals surface area contributed by atoms with Gasteiger partial charge in [0.2, 0.25) is 0 Å². The van der Waals surface area contributed by atoms with Crippen LogP contribution in [-0.2, 0) is 9.59 Å². The van der Waals surface area contributed by atoms with Gasteiger partial charge in [0.05, 0.1) is 10.7 Å². The van der Waals surface area contributed by atoms with Crippen LogP contribution in [0.4, 0.5) is 11.4 Å². The number of hydrogen-bond acceptors (Lipinski definition) is 3. The van der Waals surface area contributed by atoms with Crippen molar-refractivity contribution in [2.24, 2.45) is 0 Å². The summed E-state index contributed by atoms with van der Waals surface area (Å²) in [4.78, 5) is 22.7. The first kappa shape index (κ1) is 13.3. The van der Waals surface area contributed by atoms with E-state index in [-0.39, 0.29) is 0 Å². The molecular weight excluding hydrogens is 242 g/mol. The molecule has 6 heteroatoms. The molecule has 2 amide bonds. The van der Waals surface area contributed by atoms with Gasteiger partial charge < -0.3 is 16.4 Å². The largest absolute Gasteiger partial charge is 0.399 e. The SMILES string of the molecule is CCCNC(=O)C(=O)Nc1ccc(N)cc1Cl. The van der Waals surface area contributed by atoms with Crippen LogP contribution in [0.1, 0.15) is 13.3 Å². The van der Waals surface area contributed by atoms with Crippen molar-refractivity contribution in [3.63, 3.8) is 0 Å². The number of benzene rings is 1. The Morgan fingerprint density at radius 2 is 2.06 bits per heavy atom. The second kappa shape index (κ2) is 6.10. The first-order valence-electron chi connectivity index (χ1n) is 5.18. The standard InChI is InChI=1S/C11H14ClN3O2/c1-2-5-14-10(16)11(17)15-9-4-3-7(13)6-8(9)12/h3-4,6H,2,5,13H2,1H3,(H,14,16)(H,15,17). The van der Waals surface area contributed by atoms with Crippen molar-refractivity contribution < 1.29 is 9.59 Å². The van der Waals surface area contributed by atoms with E-state index in [1.54, 1.807) is 12.1 Å². The van der Waals surface area contributed by atoms with Crippen LogP contribution in [0.2, 0.25) is 5.02 Å². The summed E-state index contributed by atoms with van der Waals surface area (Å²) in [5.74, 6) is -1.43. The zero-order valence-corrected chi connectivity index (χ0v) is 10.2. The van der Waals surface area contributed by atoms with Gasteiger partial charge in [-0.05, 0) is 24.6 Å². The second-order valence-electron chi connectivity index (χ2n) is 3.45. The minimum atomic E-state index is -0.745. The highest BCUT2D eigenvalue weighted by molar-refractivity contribution is 6.41. The molecule has 0 radical (unpaired) electrons. The summed E-state index contributed by atoms with van der Waals surface area (Å²) in [6, 6.07) is 4.63. The summed E-state index contributed by atoms with van der Waals surface area (Å²) >= 11 is 5.86. The molecular formula is C11H14ClN3O2. The third kappa shape index (κ3) is 3.96. The monoisotopic (exact) mass is 255 g/mol. The lowest BCUT2D eigenvalue weighted by atomic mass is 10.3. The molecule has 1 aromatic carbocycles. The lowest BCUT2D eigenvalue weighted by Gasteiger charge is -2.07. The van der Waals surface area contributed by atoms with E-state index in [2.05, 4.69) is 10.6 Å². The van der Waals surface area contributed by atoms with E-state index in [1.807, 2.05) is 6.92 Å². The number of amides is 2. The van der Waals surface area contributed by atoms with Crippen molar-refractivity contribution in [1.29, 1.82) is 0 Å². The lowest BCUT2D eigenvalue weighted by Crippen LogP contribution is -2.35. The fourth-order valence-corrected chi connectivity index (χ4v) is 1.37. The van der Waals surface area contributed by atoms with E-state index in [1.165, 1.54) is 6.07 Å². The average Bonchev–Trinajstić information content (AvgIpc) is 2.29.